The van der Waals surface area contributed by atoms with Gasteiger partial charge in [0, 0.05) is 27.0 Å². The summed E-state index contributed by atoms with van der Waals surface area (Å²) in [5, 5.41) is 7.64. The third-order valence-electron chi connectivity index (χ3n) is 2.73. The molecule has 1 aromatic rings. The van der Waals surface area contributed by atoms with Crippen LogP contribution in [0.25, 0.3) is 0 Å². The van der Waals surface area contributed by atoms with Gasteiger partial charge in [0.2, 0.25) is 0 Å². The summed E-state index contributed by atoms with van der Waals surface area (Å²) in [6.45, 7) is 5.93. The highest BCUT2D eigenvalue weighted by molar-refractivity contribution is 5.06. The summed E-state index contributed by atoms with van der Waals surface area (Å²) in [6.07, 6.45) is 4.57. The third-order valence-corrected chi connectivity index (χ3v) is 2.73. The molecule has 1 N–H and O–H groups in total. The predicted octanol–water partition coefficient (Wildman–Crippen LogP) is 1.04. The average molecular weight is 241 g/mol. The Morgan fingerprint density at radius 1 is 1.35 bits per heavy atom. The molecule has 98 valence electrons. The zero-order chi connectivity index (χ0) is 12.7. The molecule has 1 heterocycles. The van der Waals surface area contributed by atoms with Crippen molar-refractivity contribution in [1.82, 2.24) is 15.1 Å². The second-order valence-electron chi connectivity index (χ2n) is 3.91. The molecule has 0 amide bonds. The molecule has 1 rings (SSSR count). The molecule has 0 saturated carbocycles. The molecule has 1 unspecified atom stereocenters. The second-order valence-corrected chi connectivity index (χ2v) is 3.91. The summed E-state index contributed by atoms with van der Waals surface area (Å²) >= 11 is 0. The molecule has 0 fully saturated rings. The Labute approximate surface area is 103 Å². The molecule has 0 aliphatic heterocycles. The van der Waals surface area contributed by atoms with Crippen molar-refractivity contribution in [3.63, 3.8) is 0 Å². The van der Waals surface area contributed by atoms with Crippen LogP contribution in [0.4, 0.5) is 0 Å². The molecule has 17 heavy (non-hydrogen) atoms. The largest absolute Gasteiger partial charge is 0.354 e. The van der Waals surface area contributed by atoms with E-state index in [1.165, 1.54) is 5.56 Å². The monoisotopic (exact) mass is 241 g/mol. The maximum atomic E-state index is 5.31. The Morgan fingerprint density at radius 2 is 2.06 bits per heavy atom. The lowest BCUT2D eigenvalue weighted by atomic mass is 10.1. The molecule has 0 bridgehead atoms. The van der Waals surface area contributed by atoms with Crippen LogP contribution >= 0.6 is 0 Å². The fourth-order valence-corrected chi connectivity index (χ4v) is 1.89. The first kappa shape index (κ1) is 14.2. The minimum absolute atomic E-state index is 0.143. The van der Waals surface area contributed by atoms with Crippen LogP contribution in [0, 0.1) is 0 Å². The van der Waals surface area contributed by atoms with Crippen LogP contribution in [0.2, 0.25) is 0 Å². The van der Waals surface area contributed by atoms with Crippen molar-refractivity contribution in [2.75, 3.05) is 20.8 Å². The molecule has 5 heteroatoms. The number of hydrogen-bond acceptors (Lipinski definition) is 4. The molecule has 0 spiro atoms. The van der Waals surface area contributed by atoms with Gasteiger partial charge >= 0.3 is 0 Å². The minimum atomic E-state index is -0.236. The lowest BCUT2D eigenvalue weighted by Gasteiger charge is -2.24. The lowest BCUT2D eigenvalue weighted by molar-refractivity contribution is -0.122. The zero-order valence-corrected chi connectivity index (χ0v) is 11.1. The van der Waals surface area contributed by atoms with Gasteiger partial charge in [-0.1, -0.05) is 6.92 Å². The van der Waals surface area contributed by atoms with Gasteiger partial charge in [0.05, 0.1) is 12.2 Å². The number of hydrogen-bond donors (Lipinski definition) is 1. The zero-order valence-electron chi connectivity index (χ0n) is 11.1. The normalized spacial score (nSPS) is 13.2. The fourth-order valence-electron chi connectivity index (χ4n) is 1.89. The topological polar surface area (TPSA) is 48.3 Å². The number of aryl methyl sites for hydroxylation is 1. The van der Waals surface area contributed by atoms with Gasteiger partial charge in [-0.15, -0.1) is 0 Å². The Balaban J connectivity index is 2.64. The Bertz CT molecular complexity index is 310. The highest BCUT2D eigenvalue weighted by Crippen LogP contribution is 2.08. The number of nitrogens with zero attached hydrogens (tertiary/aromatic N) is 2. The lowest BCUT2D eigenvalue weighted by Crippen LogP contribution is -2.43. The van der Waals surface area contributed by atoms with Crippen LogP contribution < -0.4 is 5.32 Å². The van der Waals surface area contributed by atoms with E-state index in [9.17, 15) is 0 Å². The maximum Gasteiger partial charge on any atom is 0.172 e. The quantitative estimate of drug-likeness (QED) is 0.691. The van der Waals surface area contributed by atoms with Gasteiger partial charge in [-0.3, -0.25) is 4.68 Å². The first-order valence-corrected chi connectivity index (χ1v) is 6.05. The van der Waals surface area contributed by atoms with Crippen molar-refractivity contribution in [2.45, 2.75) is 39.1 Å². The first-order valence-electron chi connectivity index (χ1n) is 6.05. The van der Waals surface area contributed by atoms with E-state index >= 15 is 0 Å². The van der Waals surface area contributed by atoms with Crippen molar-refractivity contribution in [3.8, 4) is 0 Å². The molecule has 0 aromatic carbocycles. The van der Waals surface area contributed by atoms with E-state index < -0.39 is 0 Å². The molecule has 0 aliphatic rings. The van der Waals surface area contributed by atoms with Gasteiger partial charge in [0.15, 0.2) is 6.29 Å². The summed E-state index contributed by atoms with van der Waals surface area (Å²) < 4.78 is 12.5. The van der Waals surface area contributed by atoms with Gasteiger partial charge in [-0.05, 0) is 25.5 Å². The summed E-state index contributed by atoms with van der Waals surface area (Å²) in [5.74, 6) is 0. The molecule has 0 aliphatic carbocycles. The van der Waals surface area contributed by atoms with Crippen LogP contribution in [-0.4, -0.2) is 42.9 Å². The van der Waals surface area contributed by atoms with E-state index in [0.717, 1.165) is 19.5 Å². The van der Waals surface area contributed by atoms with Crippen molar-refractivity contribution < 1.29 is 9.47 Å². The number of nitrogens with one attached hydrogen (secondary N) is 1. The number of rotatable bonds is 8. The van der Waals surface area contributed by atoms with Gasteiger partial charge < -0.3 is 14.8 Å². The summed E-state index contributed by atoms with van der Waals surface area (Å²) in [5.41, 5.74) is 1.19. The Morgan fingerprint density at radius 3 is 2.53 bits per heavy atom. The predicted molar refractivity (Wildman–Crippen MR) is 66.9 cm³/mol. The van der Waals surface area contributed by atoms with Crippen molar-refractivity contribution in [1.29, 1.82) is 0 Å². The number of likely N-dealkylation sites (N-methyl/N-ethyl adjacent to an activating group) is 1. The molecule has 5 nitrogen and oxygen atoms in total. The van der Waals surface area contributed by atoms with Crippen molar-refractivity contribution >= 4 is 0 Å². The highest BCUT2D eigenvalue weighted by atomic mass is 16.7. The molecular formula is C12H23N3O2. The van der Waals surface area contributed by atoms with Gasteiger partial charge in [-0.2, -0.15) is 5.10 Å². The molecule has 0 saturated heterocycles. The van der Waals surface area contributed by atoms with Crippen LogP contribution in [0.5, 0.6) is 0 Å². The molecular weight excluding hydrogens is 218 g/mol. The first-order chi connectivity index (χ1) is 8.24. The summed E-state index contributed by atoms with van der Waals surface area (Å²) in [6, 6.07) is 0.143. The Hall–Kier alpha value is -0.910. The van der Waals surface area contributed by atoms with E-state index in [1.807, 2.05) is 10.9 Å². The van der Waals surface area contributed by atoms with Crippen LogP contribution in [0.15, 0.2) is 12.4 Å². The Kier molecular flexibility index (Phi) is 6.18. The summed E-state index contributed by atoms with van der Waals surface area (Å²) in [4.78, 5) is 0. The van der Waals surface area contributed by atoms with E-state index in [4.69, 9.17) is 9.47 Å². The van der Waals surface area contributed by atoms with Gasteiger partial charge in [0.1, 0.15) is 0 Å². The summed E-state index contributed by atoms with van der Waals surface area (Å²) in [7, 11) is 3.32. The maximum absolute atomic E-state index is 5.31. The third kappa shape index (κ3) is 4.11. The number of aromatic nitrogens is 2. The van der Waals surface area contributed by atoms with Crippen LogP contribution in [0.1, 0.15) is 19.4 Å². The second kappa shape index (κ2) is 7.42. The highest BCUT2D eigenvalue weighted by Gasteiger charge is 2.20. The number of ether oxygens (including phenoxy) is 2. The van der Waals surface area contributed by atoms with E-state index in [0.29, 0.717) is 0 Å². The average Bonchev–Trinajstić information content (AvgIpc) is 2.78. The van der Waals surface area contributed by atoms with Gasteiger partial charge in [0.25, 0.3) is 0 Å². The van der Waals surface area contributed by atoms with E-state index in [-0.39, 0.29) is 12.3 Å². The van der Waals surface area contributed by atoms with Crippen molar-refractivity contribution in [2.24, 2.45) is 0 Å². The van der Waals surface area contributed by atoms with Crippen LogP contribution in [-0.2, 0) is 22.4 Å². The van der Waals surface area contributed by atoms with Crippen LogP contribution in [0.3, 0.4) is 0 Å². The van der Waals surface area contributed by atoms with E-state index in [1.54, 1.807) is 14.2 Å². The van der Waals surface area contributed by atoms with Crippen molar-refractivity contribution in [3.05, 3.63) is 18.0 Å². The molecule has 1 aromatic heterocycles. The fraction of sp³-hybridized carbons (Fsp3) is 0.750. The molecule has 1 atom stereocenters. The van der Waals surface area contributed by atoms with Gasteiger partial charge in [-0.25, -0.2) is 0 Å². The molecule has 0 radical (unpaired) electrons. The standard InChI is InChI=1S/C12H23N3O2/c1-5-13-11(12(16-3)17-4)7-10-8-14-15(6-2)9-10/h8-9,11-13H,5-7H2,1-4H3. The number of methoxy groups -OCH3 is 2. The minimum Gasteiger partial charge on any atom is -0.354 e. The smallest absolute Gasteiger partial charge is 0.172 e. The SMILES string of the molecule is CCNC(Cc1cnn(CC)c1)C(OC)OC. The van der Waals surface area contributed by atoms with E-state index in [2.05, 4.69) is 30.5 Å².